The maximum atomic E-state index is 12.8. The molecular formula is C21H21NO6. The first kappa shape index (κ1) is 19.4. The van der Waals surface area contributed by atoms with Gasteiger partial charge in [0, 0.05) is 23.7 Å². The smallest absolute Gasteiger partial charge is 0.295 e. The van der Waals surface area contributed by atoms with E-state index < -0.39 is 17.7 Å². The third-order valence-electron chi connectivity index (χ3n) is 4.66. The molecule has 0 bridgehead atoms. The highest BCUT2D eigenvalue weighted by atomic mass is 16.5. The summed E-state index contributed by atoms with van der Waals surface area (Å²) in [5, 5.41) is 20.3. The van der Waals surface area contributed by atoms with Crippen molar-refractivity contribution in [3.05, 3.63) is 65.2 Å². The molecule has 2 aromatic rings. The zero-order valence-corrected chi connectivity index (χ0v) is 15.6. The van der Waals surface area contributed by atoms with E-state index >= 15 is 0 Å². The summed E-state index contributed by atoms with van der Waals surface area (Å²) in [5.74, 6) is -0.926. The maximum Gasteiger partial charge on any atom is 0.295 e. The lowest BCUT2D eigenvalue weighted by Gasteiger charge is -2.26. The molecule has 1 atom stereocenters. The van der Waals surface area contributed by atoms with Crippen molar-refractivity contribution in [2.24, 2.45) is 0 Å². The molecule has 1 saturated heterocycles. The highest BCUT2D eigenvalue weighted by Crippen LogP contribution is 2.43. The Labute approximate surface area is 162 Å². The average molecular weight is 383 g/mol. The van der Waals surface area contributed by atoms with E-state index in [-0.39, 0.29) is 24.5 Å². The second kappa shape index (κ2) is 8.14. The molecule has 2 aromatic carbocycles. The molecule has 1 aliphatic heterocycles. The first-order valence-electron chi connectivity index (χ1n) is 8.70. The average Bonchev–Trinajstić information content (AvgIpc) is 2.98. The molecule has 146 valence electrons. The van der Waals surface area contributed by atoms with Gasteiger partial charge in [-0.3, -0.25) is 9.59 Å². The minimum absolute atomic E-state index is 0.0480. The van der Waals surface area contributed by atoms with Crippen molar-refractivity contribution in [2.75, 3.05) is 27.4 Å². The highest BCUT2D eigenvalue weighted by Gasteiger charge is 2.46. The van der Waals surface area contributed by atoms with E-state index in [2.05, 4.69) is 0 Å². The van der Waals surface area contributed by atoms with Gasteiger partial charge in [-0.2, -0.15) is 0 Å². The van der Waals surface area contributed by atoms with Gasteiger partial charge in [0.25, 0.3) is 11.7 Å². The molecule has 1 aliphatic rings. The predicted octanol–water partition coefficient (Wildman–Crippen LogP) is 2.12. The van der Waals surface area contributed by atoms with E-state index in [1.54, 1.807) is 48.5 Å². The van der Waals surface area contributed by atoms with Crippen LogP contribution in [0.4, 0.5) is 0 Å². The van der Waals surface area contributed by atoms with Crippen molar-refractivity contribution < 1.29 is 29.3 Å². The van der Waals surface area contributed by atoms with Gasteiger partial charge in [-0.05, 0) is 12.1 Å². The van der Waals surface area contributed by atoms with Crippen molar-refractivity contribution in [1.29, 1.82) is 0 Å². The number of aliphatic hydroxyl groups excluding tert-OH is 2. The van der Waals surface area contributed by atoms with Gasteiger partial charge in [0.1, 0.15) is 17.3 Å². The Morgan fingerprint density at radius 2 is 1.79 bits per heavy atom. The standard InChI is InChI=1S/C21H21NO6/c1-27-14-8-9-15(16(12-14)28-2)18-17(19(24)13-6-4-3-5-7-13)20(25)21(26)22(18)10-11-23/h3-9,12,18,23-24H,10-11H2,1-2H3/b19-17-. The number of carbonyl (C=O) groups is 2. The number of benzene rings is 2. The van der Waals surface area contributed by atoms with Gasteiger partial charge in [-0.25, -0.2) is 0 Å². The van der Waals surface area contributed by atoms with Gasteiger partial charge in [0.15, 0.2) is 0 Å². The number of ether oxygens (including phenoxy) is 2. The minimum atomic E-state index is -0.895. The molecular weight excluding hydrogens is 362 g/mol. The van der Waals surface area contributed by atoms with Crippen LogP contribution in [-0.4, -0.2) is 54.2 Å². The number of rotatable bonds is 6. The van der Waals surface area contributed by atoms with Crippen LogP contribution in [0.3, 0.4) is 0 Å². The summed E-state index contributed by atoms with van der Waals surface area (Å²) < 4.78 is 10.6. The number of Topliss-reactive ketones (excluding diaryl/α,β-unsaturated/α-hetero) is 1. The van der Waals surface area contributed by atoms with Crippen LogP contribution in [0, 0.1) is 0 Å². The van der Waals surface area contributed by atoms with Crippen LogP contribution in [0.5, 0.6) is 11.5 Å². The lowest BCUT2D eigenvalue weighted by atomic mass is 9.94. The van der Waals surface area contributed by atoms with Crippen LogP contribution in [-0.2, 0) is 9.59 Å². The summed E-state index contributed by atoms with van der Waals surface area (Å²) in [4.78, 5) is 26.6. The second-order valence-corrected chi connectivity index (χ2v) is 6.19. The molecule has 0 radical (unpaired) electrons. The summed E-state index contributed by atoms with van der Waals surface area (Å²) in [6.45, 7) is -0.386. The summed E-state index contributed by atoms with van der Waals surface area (Å²) in [6, 6.07) is 12.6. The first-order chi connectivity index (χ1) is 13.5. The van der Waals surface area contributed by atoms with Crippen molar-refractivity contribution >= 4 is 17.4 Å². The van der Waals surface area contributed by atoms with E-state index in [0.29, 0.717) is 22.6 Å². The number of methoxy groups -OCH3 is 2. The Balaban J connectivity index is 2.23. The number of β-amino-alcohol motifs (C(OH)–C–C–N with tert-alkyl or cyclic N) is 1. The van der Waals surface area contributed by atoms with Gasteiger partial charge < -0.3 is 24.6 Å². The summed E-state index contributed by atoms with van der Waals surface area (Å²) in [6.07, 6.45) is 0. The van der Waals surface area contributed by atoms with Crippen molar-refractivity contribution in [1.82, 2.24) is 4.90 Å². The molecule has 0 aromatic heterocycles. The summed E-state index contributed by atoms with van der Waals surface area (Å²) in [5.41, 5.74) is 0.878. The molecule has 0 spiro atoms. The fraction of sp³-hybridized carbons (Fsp3) is 0.238. The summed E-state index contributed by atoms with van der Waals surface area (Å²) >= 11 is 0. The largest absolute Gasteiger partial charge is 0.507 e. The number of hydrogen-bond donors (Lipinski definition) is 2. The Kier molecular flexibility index (Phi) is 5.65. The lowest BCUT2D eigenvalue weighted by molar-refractivity contribution is -0.140. The minimum Gasteiger partial charge on any atom is -0.507 e. The fourth-order valence-electron chi connectivity index (χ4n) is 3.34. The second-order valence-electron chi connectivity index (χ2n) is 6.19. The van der Waals surface area contributed by atoms with Crippen LogP contribution in [0.15, 0.2) is 54.1 Å². The lowest BCUT2D eigenvalue weighted by Crippen LogP contribution is -2.32. The molecule has 28 heavy (non-hydrogen) atoms. The van der Waals surface area contributed by atoms with Gasteiger partial charge in [-0.1, -0.05) is 30.3 Å². The SMILES string of the molecule is COc1ccc(C2/C(=C(/O)c3ccccc3)C(=O)C(=O)N2CCO)c(OC)c1. The third kappa shape index (κ3) is 3.32. The monoisotopic (exact) mass is 383 g/mol. The zero-order chi connectivity index (χ0) is 20.3. The van der Waals surface area contributed by atoms with E-state index in [9.17, 15) is 19.8 Å². The maximum absolute atomic E-state index is 12.8. The van der Waals surface area contributed by atoms with E-state index in [1.807, 2.05) is 0 Å². The van der Waals surface area contributed by atoms with Crippen molar-refractivity contribution in [2.45, 2.75) is 6.04 Å². The number of likely N-dealkylation sites (tertiary alicyclic amines) is 1. The molecule has 1 amide bonds. The Bertz CT molecular complexity index is 922. The Morgan fingerprint density at radius 3 is 2.39 bits per heavy atom. The van der Waals surface area contributed by atoms with E-state index in [0.717, 1.165) is 0 Å². The van der Waals surface area contributed by atoms with Gasteiger partial charge in [0.05, 0.1) is 32.4 Å². The third-order valence-corrected chi connectivity index (χ3v) is 4.66. The number of ketones is 1. The molecule has 1 fully saturated rings. The van der Waals surface area contributed by atoms with Crippen LogP contribution < -0.4 is 9.47 Å². The van der Waals surface area contributed by atoms with E-state index in [1.165, 1.54) is 19.1 Å². The normalized spacial score (nSPS) is 18.4. The molecule has 7 nitrogen and oxygen atoms in total. The van der Waals surface area contributed by atoms with Crippen LogP contribution >= 0.6 is 0 Å². The van der Waals surface area contributed by atoms with Crippen molar-refractivity contribution in [3.63, 3.8) is 0 Å². The molecule has 0 saturated carbocycles. The number of amides is 1. The van der Waals surface area contributed by atoms with Gasteiger partial charge in [-0.15, -0.1) is 0 Å². The highest BCUT2D eigenvalue weighted by molar-refractivity contribution is 6.46. The number of aliphatic hydroxyl groups is 2. The fourth-order valence-corrected chi connectivity index (χ4v) is 3.34. The van der Waals surface area contributed by atoms with E-state index in [4.69, 9.17) is 9.47 Å². The molecule has 1 heterocycles. The van der Waals surface area contributed by atoms with Gasteiger partial charge >= 0.3 is 0 Å². The molecule has 1 unspecified atom stereocenters. The molecule has 2 N–H and O–H groups in total. The van der Waals surface area contributed by atoms with Crippen LogP contribution in [0.1, 0.15) is 17.2 Å². The molecule has 3 rings (SSSR count). The predicted molar refractivity (Wildman–Crippen MR) is 102 cm³/mol. The Hall–Kier alpha value is -3.32. The molecule has 0 aliphatic carbocycles. The number of carbonyl (C=O) groups excluding carboxylic acids is 2. The van der Waals surface area contributed by atoms with Crippen molar-refractivity contribution in [3.8, 4) is 11.5 Å². The van der Waals surface area contributed by atoms with Crippen LogP contribution in [0.2, 0.25) is 0 Å². The quantitative estimate of drug-likeness (QED) is 0.451. The summed E-state index contributed by atoms with van der Waals surface area (Å²) in [7, 11) is 2.98. The zero-order valence-electron chi connectivity index (χ0n) is 15.6. The topological polar surface area (TPSA) is 96.3 Å². The first-order valence-corrected chi connectivity index (χ1v) is 8.70. The van der Waals surface area contributed by atoms with Crippen LogP contribution in [0.25, 0.3) is 5.76 Å². The Morgan fingerprint density at radius 1 is 1.07 bits per heavy atom. The number of nitrogens with zero attached hydrogens (tertiary/aromatic N) is 1. The molecule has 7 heteroatoms. The van der Waals surface area contributed by atoms with Gasteiger partial charge in [0.2, 0.25) is 0 Å². The number of hydrogen-bond acceptors (Lipinski definition) is 6.